The number of anilines is 1. The highest BCUT2D eigenvalue weighted by atomic mass is 35.5. The zero-order chi connectivity index (χ0) is 18.0. The van der Waals surface area contributed by atoms with E-state index in [9.17, 15) is 14.9 Å². The average molecular weight is 380 g/mol. The zero-order valence-corrected chi connectivity index (χ0v) is 14.6. The number of nitrogens with one attached hydrogen (secondary N) is 1. The summed E-state index contributed by atoms with van der Waals surface area (Å²) in [5.41, 5.74) is 1.35. The van der Waals surface area contributed by atoms with Crippen LogP contribution >= 0.6 is 23.2 Å². The molecule has 1 saturated carbocycles. The van der Waals surface area contributed by atoms with Gasteiger partial charge in [-0.25, -0.2) is 4.79 Å². The van der Waals surface area contributed by atoms with E-state index in [0.29, 0.717) is 22.3 Å². The number of halogens is 2. The second-order valence-electron chi connectivity index (χ2n) is 5.84. The first-order chi connectivity index (χ1) is 11.9. The lowest BCUT2D eigenvalue weighted by atomic mass is 10.2. The summed E-state index contributed by atoms with van der Waals surface area (Å²) >= 11 is 12.0. The van der Waals surface area contributed by atoms with E-state index in [1.54, 1.807) is 35.2 Å². The zero-order valence-electron chi connectivity index (χ0n) is 13.1. The van der Waals surface area contributed by atoms with Crippen molar-refractivity contribution in [3.8, 4) is 0 Å². The maximum absolute atomic E-state index is 12.6. The van der Waals surface area contributed by atoms with Crippen molar-refractivity contribution in [2.45, 2.75) is 25.4 Å². The molecule has 0 unspecified atom stereocenters. The highest BCUT2D eigenvalue weighted by molar-refractivity contribution is 6.36. The van der Waals surface area contributed by atoms with Crippen LogP contribution in [-0.4, -0.2) is 21.9 Å². The van der Waals surface area contributed by atoms with Crippen LogP contribution in [0, 0.1) is 10.1 Å². The van der Waals surface area contributed by atoms with E-state index in [2.05, 4.69) is 5.32 Å². The summed E-state index contributed by atoms with van der Waals surface area (Å²) in [4.78, 5) is 24.6. The first kappa shape index (κ1) is 17.5. The van der Waals surface area contributed by atoms with Crippen LogP contribution in [0.25, 0.3) is 0 Å². The van der Waals surface area contributed by atoms with Crippen LogP contribution in [0.4, 0.5) is 16.2 Å². The first-order valence-electron chi connectivity index (χ1n) is 7.70. The summed E-state index contributed by atoms with van der Waals surface area (Å²) < 4.78 is 0. The molecule has 3 rings (SSSR count). The Morgan fingerprint density at radius 3 is 2.44 bits per heavy atom. The van der Waals surface area contributed by atoms with Crippen LogP contribution in [-0.2, 0) is 6.54 Å². The molecule has 1 N–H and O–H groups in total. The molecule has 1 fully saturated rings. The topological polar surface area (TPSA) is 75.5 Å². The summed E-state index contributed by atoms with van der Waals surface area (Å²) in [5.74, 6) is 0. The van der Waals surface area contributed by atoms with Crippen molar-refractivity contribution in [1.29, 1.82) is 0 Å². The third-order valence-corrected chi connectivity index (χ3v) is 4.47. The Bertz CT molecular complexity index is 807. The number of nitro groups is 1. The molecule has 130 valence electrons. The van der Waals surface area contributed by atoms with Crippen molar-refractivity contribution < 1.29 is 9.72 Å². The molecule has 25 heavy (non-hydrogen) atoms. The predicted molar refractivity (Wildman–Crippen MR) is 97.1 cm³/mol. The molecule has 1 aliphatic rings. The number of urea groups is 1. The summed E-state index contributed by atoms with van der Waals surface area (Å²) in [7, 11) is 0. The molecule has 0 atom stereocenters. The number of non-ortho nitro benzene ring substituents is 1. The number of hydrogen-bond acceptors (Lipinski definition) is 3. The first-order valence-corrected chi connectivity index (χ1v) is 8.45. The van der Waals surface area contributed by atoms with E-state index < -0.39 is 4.92 Å². The lowest BCUT2D eigenvalue weighted by Crippen LogP contribution is -2.36. The summed E-state index contributed by atoms with van der Waals surface area (Å²) in [6.07, 6.45) is 1.88. The molecule has 0 saturated heterocycles. The van der Waals surface area contributed by atoms with Gasteiger partial charge < -0.3 is 10.2 Å². The van der Waals surface area contributed by atoms with Crippen LogP contribution in [0.15, 0.2) is 42.5 Å². The van der Waals surface area contributed by atoms with Gasteiger partial charge >= 0.3 is 6.03 Å². The monoisotopic (exact) mass is 379 g/mol. The van der Waals surface area contributed by atoms with E-state index >= 15 is 0 Å². The number of benzene rings is 2. The minimum Gasteiger partial charge on any atom is -0.317 e. The molecule has 2 aromatic carbocycles. The molecule has 0 bridgehead atoms. The number of hydrogen-bond donors (Lipinski definition) is 1. The Labute approximate surface area is 154 Å². The van der Waals surface area contributed by atoms with Crippen molar-refractivity contribution in [2.24, 2.45) is 0 Å². The molecule has 2 amide bonds. The minimum absolute atomic E-state index is 0.0270. The number of carbonyl (C=O) groups is 1. The highest BCUT2D eigenvalue weighted by Gasteiger charge is 2.33. The third-order valence-electron chi connectivity index (χ3n) is 3.92. The lowest BCUT2D eigenvalue weighted by Gasteiger charge is -2.23. The lowest BCUT2D eigenvalue weighted by molar-refractivity contribution is -0.384. The maximum atomic E-state index is 12.6. The molecule has 6 nitrogen and oxygen atoms in total. The van der Waals surface area contributed by atoms with E-state index in [-0.39, 0.29) is 17.8 Å². The number of nitro benzene ring substituents is 1. The molecule has 0 aliphatic heterocycles. The smallest absolute Gasteiger partial charge is 0.317 e. The molecule has 8 heteroatoms. The van der Waals surface area contributed by atoms with E-state index in [1.165, 1.54) is 12.1 Å². The summed E-state index contributed by atoms with van der Waals surface area (Å²) in [6, 6.07) is 11.0. The Kier molecular flexibility index (Phi) is 5.11. The average Bonchev–Trinajstić information content (AvgIpc) is 3.40. The number of rotatable bonds is 5. The van der Waals surface area contributed by atoms with Gasteiger partial charge in [-0.2, -0.15) is 0 Å². The van der Waals surface area contributed by atoms with Crippen LogP contribution < -0.4 is 5.32 Å². The molecular weight excluding hydrogens is 365 g/mol. The second kappa shape index (κ2) is 7.29. The quantitative estimate of drug-likeness (QED) is 0.579. The Morgan fingerprint density at radius 2 is 1.88 bits per heavy atom. The Hall–Kier alpha value is -2.31. The van der Waals surface area contributed by atoms with Gasteiger partial charge in [0, 0.05) is 29.7 Å². The van der Waals surface area contributed by atoms with Gasteiger partial charge in [-0.05, 0) is 36.6 Å². The van der Waals surface area contributed by atoms with Crippen molar-refractivity contribution >= 4 is 40.6 Å². The largest absolute Gasteiger partial charge is 0.322 e. The van der Waals surface area contributed by atoms with Gasteiger partial charge in [0.2, 0.25) is 0 Å². The van der Waals surface area contributed by atoms with E-state index in [4.69, 9.17) is 23.2 Å². The van der Waals surface area contributed by atoms with Crippen molar-refractivity contribution in [3.63, 3.8) is 0 Å². The van der Waals surface area contributed by atoms with Crippen LogP contribution in [0.5, 0.6) is 0 Å². The van der Waals surface area contributed by atoms with E-state index in [0.717, 1.165) is 18.4 Å². The predicted octanol–water partition coefficient (Wildman–Crippen LogP) is 5.10. The van der Waals surface area contributed by atoms with Crippen molar-refractivity contribution in [2.75, 3.05) is 5.32 Å². The van der Waals surface area contributed by atoms with Crippen LogP contribution in [0.1, 0.15) is 18.4 Å². The summed E-state index contributed by atoms with van der Waals surface area (Å²) in [5, 5.41) is 14.4. The molecule has 1 aliphatic carbocycles. The minimum atomic E-state index is -0.447. The molecule has 0 spiro atoms. The SMILES string of the molecule is O=C(Nc1ccc(Cl)cc1Cl)N(Cc1ccc([N+](=O)[O-])cc1)C1CC1. The van der Waals surface area contributed by atoms with Crippen molar-refractivity contribution in [1.82, 2.24) is 4.90 Å². The van der Waals surface area contributed by atoms with Gasteiger partial charge in [0.1, 0.15) is 0 Å². The Morgan fingerprint density at radius 1 is 1.20 bits per heavy atom. The van der Waals surface area contributed by atoms with Gasteiger partial charge in [0.05, 0.1) is 15.6 Å². The normalized spacial score (nSPS) is 13.4. The van der Waals surface area contributed by atoms with E-state index in [1.807, 2.05) is 0 Å². The third kappa shape index (κ3) is 4.41. The molecule has 0 aromatic heterocycles. The van der Waals surface area contributed by atoms with Gasteiger partial charge in [-0.1, -0.05) is 35.3 Å². The number of nitrogens with zero attached hydrogens (tertiary/aromatic N) is 2. The maximum Gasteiger partial charge on any atom is 0.322 e. The Balaban J connectivity index is 1.72. The second-order valence-corrected chi connectivity index (χ2v) is 6.68. The summed E-state index contributed by atoms with van der Waals surface area (Å²) in [6.45, 7) is 0.375. The number of amides is 2. The van der Waals surface area contributed by atoms with Gasteiger partial charge in [-0.15, -0.1) is 0 Å². The number of carbonyl (C=O) groups excluding carboxylic acids is 1. The molecule has 0 heterocycles. The van der Waals surface area contributed by atoms with Gasteiger partial charge in [0.25, 0.3) is 5.69 Å². The standard InChI is InChI=1S/C17H15Cl2N3O3/c18-12-3-8-16(15(19)9-12)20-17(23)21(13-6-7-13)10-11-1-4-14(5-2-11)22(24)25/h1-5,8-9,13H,6-7,10H2,(H,20,23). The highest BCUT2D eigenvalue weighted by Crippen LogP contribution is 2.31. The molecule has 0 radical (unpaired) electrons. The van der Waals surface area contributed by atoms with Crippen LogP contribution in [0.3, 0.4) is 0 Å². The van der Waals surface area contributed by atoms with Crippen LogP contribution in [0.2, 0.25) is 10.0 Å². The molecular formula is C17H15Cl2N3O3. The fourth-order valence-electron chi connectivity index (χ4n) is 2.45. The van der Waals surface area contributed by atoms with Gasteiger partial charge in [-0.3, -0.25) is 10.1 Å². The fourth-order valence-corrected chi connectivity index (χ4v) is 2.91. The fraction of sp³-hybridized carbons (Fsp3) is 0.235. The van der Waals surface area contributed by atoms with Crippen molar-refractivity contribution in [3.05, 3.63) is 68.2 Å². The molecule has 2 aromatic rings. The van der Waals surface area contributed by atoms with Gasteiger partial charge in [0.15, 0.2) is 0 Å².